The van der Waals surface area contributed by atoms with Crippen LogP contribution in [-0.2, 0) is 0 Å². The lowest BCUT2D eigenvalue weighted by atomic mass is 9.83. The molecule has 1 fully saturated rings. The van der Waals surface area contributed by atoms with Crippen molar-refractivity contribution in [3.63, 3.8) is 0 Å². The van der Waals surface area contributed by atoms with Gasteiger partial charge in [-0.05, 0) is 25.7 Å². The van der Waals surface area contributed by atoms with Crippen molar-refractivity contribution in [3.05, 3.63) is 0 Å². The Morgan fingerprint density at radius 1 is 1.56 bits per heavy atom. The highest BCUT2D eigenvalue weighted by molar-refractivity contribution is 7.81. The zero-order valence-electron chi connectivity index (χ0n) is 6.31. The van der Waals surface area contributed by atoms with Gasteiger partial charge in [0, 0.05) is 4.75 Å². The van der Waals surface area contributed by atoms with Crippen LogP contribution in [0.2, 0.25) is 0 Å². The average Bonchev–Trinajstić information content (AvgIpc) is 1.60. The second kappa shape index (κ2) is 2.53. The van der Waals surface area contributed by atoms with E-state index in [0.29, 0.717) is 0 Å². The van der Waals surface area contributed by atoms with E-state index >= 15 is 0 Å². The highest BCUT2D eigenvalue weighted by Crippen LogP contribution is 2.36. The Hall–Kier alpha value is 0.350. The van der Waals surface area contributed by atoms with E-state index in [1.165, 1.54) is 25.7 Å². The summed E-state index contributed by atoms with van der Waals surface area (Å²) in [6.45, 7) is 4.52. The van der Waals surface area contributed by atoms with Crippen molar-refractivity contribution >= 4 is 12.6 Å². The molecule has 0 heterocycles. The molecule has 1 aliphatic rings. The molecule has 53 valence electrons. The highest BCUT2D eigenvalue weighted by atomic mass is 32.1. The molecule has 0 bridgehead atoms. The molecule has 0 spiro atoms. The minimum atomic E-state index is 0.234. The fourth-order valence-corrected chi connectivity index (χ4v) is 2.19. The third-order valence-corrected chi connectivity index (χ3v) is 2.55. The van der Waals surface area contributed by atoms with Crippen LogP contribution in [0, 0.1) is 5.92 Å². The van der Waals surface area contributed by atoms with Gasteiger partial charge in [-0.25, -0.2) is 0 Å². The zero-order valence-corrected chi connectivity index (χ0v) is 7.13. The van der Waals surface area contributed by atoms with Crippen LogP contribution in [0.5, 0.6) is 0 Å². The number of hydrogen-bond acceptors (Lipinski definition) is 0. The first-order valence-electron chi connectivity index (χ1n) is 3.81. The van der Waals surface area contributed by atoms with Crippen molar-refractivity contribution in [3.8, 4) is 0 Å². The Kier molecular flexibility index (Phi) is 2.10. The molecule has 0 aromatic rings. The molecule has 1 aliphatic carbocycles. The maximum Gasteiger partial charge on any atom is 0.0238 e. The molecule has 0 nitrogen and oxygen atoms in total. The lowest BCUT2D eigenvalue weighted by Gasteiger charge is -2.31. The summed E-state index contributed by atoms with van der Waals surface area (Å²) in [7, 11) is 0. The van der Waals surface area contributed by atoms with E-state index in [9.17, 15) is 0 Å². The summed E-state index contributed by atoms with van der Waals surface area (Å²) >= 11 is 5.37. The fourth-order valence-electron chi connectivity index (χ4n) is 1.77. The molecule has 0 N–H and O–H groups in total. The number of hydrogen-bond donors (Lipinski definition) is 0. The van der Waals surface area contributed by atoms with Crippen molar-refractivity contribution in [2.24, 2.45) is 5.92 Å². The van der Waals surface area contributed by atoms with Crippen LogP contribution < -0.4 is 0 Å². The van der Waals surface area contributed by atoms with Crippen LogP contribution in [0.1, 0.15) is 39.5 Å². The smallest absolute Gasteiger partial charge is 0.0238 e. The van der Waals surface area contributed by atoms with Gasteiger partial charge >= 0.3 is 0 Å². The van der Waals surface area contributed by atoms with Crippen molar-refractivity contribution in [2.45, 2.75) is 44.3 Å². The summed E-state index contributed by atoms with van der Waals surface area (Å²) in [6.07, 6.45) is 5.25. The minimum absolute atomic E-state index is 0.234. The van der Waals surface area contributed by atoms with Crippen LogP contribution >= 0.6 is 12.6 Å². The molecule has 1 heteroatoms. The second-order valence-electron chi connectivity index (χ2n) is 3.65. The number of rotatable bonds is 0. The predicted molar refractivity (Wildman–Crippen MR) is 43.6 cm³/mol. The molecule has 0 saturated heterocycles. The van der Waals surface area contributed by atoms with Gasteiger partial charge in [0.25, 0.3) is 0 Å². The first-order chi connectivity index (χ1) is 4.10. The SMILES string of the molecule is CC1CCCC(C)([S])C1. The van der Waals surface area contributed by atoms with Gasteiger partial charge in [0.2, 0.25) is 0 Å². The van der Waals surface area contributed by atoms with Crippen molar-refractivity contribution in [2.75, 3.05) is 0 Å². The van der Waals surface area contributed by atoms with E-state index in [1.54, 1.807) is 0 Å². The second-order valence-corrected chi connectivity index (χ2v) is 4.64. The van der Waals surface area contributed by atoms with E-state index < -0.39 is 0 Å². The Labute approximate surface area is 63.4 Å². The first-order valence-corrected chi connectivity index (χ1v) is 4.21. The van der Waals surface area contributed by atoms with Crippen LogP contribution in [0.15, 0.2) is 0 Å². The topological polar surface area (TPSA) is 0 Å². The van der Waals surface area contributed by atoms with Gasteiger partial charge in [0.1, 0.15) is 0 Å². The maximum absolute atomic E-state index is 5.37. The summed E-state index contributed by atoms with van der Waals surface area (Å²) in [5, 5.41) is 0. The largest absolute Gasteiger partial charge is 0.0870 e. The van der Waals surface area contributed by atoms with Gasteiger partial charge in [-0.1, -0.05) is 32.4 Å². The summed E-state index contributed by atoms with van der Waals surface area (Å²) in [4.78, 5) is 0. The Morgan fingerprint density at radius 3 is 2.56 bits per heavy atom. The van der Waals surface area contributed by atoms with Crippen LogP contribution in [-0.4, -0.2) is 4.75 Å². The average molecular weight is 143 g/mol. The molecule has 2 atom stereocenters. The molecule has 0 aromatic heterocycles. The maximum atomic E-state index is 5.37. The van der Waals surface area contributed by atoms with Gasteiger partial charge in [0.05, 0.1) is 0 Å². The minimum Gasteiger partial charge on any atom is -0.0870 e. The van der Waals surface area contributed by atoms with E-state index in [2.05, 4.69) is 13.8 Å². The van der Waals surface area contributed by atoms with Gasteiger partial charge in [-0.3, -0.25) is 0 Å². The van der Waals surface area contributed by atoms with Gasteiger partial charge in [-0.2, -0.15) is 0 Å². The first kappa shape index (κ1) is 7.46. The molecule has 0 aliphatic heterocycles. The molecule has 1 radical (unpaired) electrons. The standard InChI is InChI=1S/C8H15S/c1-7-4-3-5-8(2,9)6-7/h7H,3-6H2,1-2H3. The monoisotopic (exact) mass is 143 g/mol. The normalized spacial score (nSPS) is 45.0. The molecular formula is C8H15S. The molecule has 2 unspecified atom stereocenters. The lowest BCUT2D eigenvalue weighted by Crippen LogP contribution is -2.24. The summed E-state index contributed by atoms with van der Waals surface area (Å²) in [5.74, 6) is 0.876. The molecule has 9 heavy (non-hydrogen) atoms. The van der Waals surface area contributed by atoms with Crippen molar-refractivity contribution < 1.29 is 0 Å². The van der Waals surface area contributed by atoms with Gasteiger partial charge in [0.15, 0.2) is 0 Å². The Bertz CT molecular complexity index is 96.7. The van der Waals surface area contributed by atoms with E-state index in [-0.39, 0.29) is 4.75 Å². The molecule has 1 saturated carbocycles. The Morgan fingerprint density at radius 2 is 2.22 bits per heavy atom. The predicted octanol–water partition coefficient (Wildman–Crippen LogP) is 3.15. The quantitative estimate of drug-likeness (QED) is 0.488. The van der Waals surface area contributed by atoms with Crippen molar-refractivity contribution in [1.29, 1.82) is 0 Å². The van der Waals surface area contributed by atoms with E-state index in [1.807, 2.05) is 0 Å². The molecule has 0 aromatic carbocycles. The summed E-state index contributed by atoms with van der Waals surface area (Å²) in [6, 6.07) is 0. The van der Waals surface area contributed by atoms with E-state index in [0.717, 1.165) is 5.92 Å². The van der Waals surface area contributed by atoms with Gasteiger partial charge < -0.3 is 0 Å². The van der Waals surface area contributed by atoms with E-state index in [4.69, 9.17) is 12.6 Å². The molecular weight excluding hydrogens is 128 g/mol. The van der Waals surface area contributed by atoms with Crippen molar-refractivity contribution in [1.82, 2.24) is 0 Å². The summed E-state index contributed by atoms with van der Waals surface area (Å²) < 4.78 is 0.234. The lowest BCUT2D eigenvalue weighted by molar-refractivity contribution is 0.331. The third kappa shape index (κ3) is 2.21. The third-order valence-electron chi connectivity index (χ3n) is 2.18. The Balaban J connectivity index is 2.41. The van der Waals surface area contributed by atoms with Crippen LogP contribution in [0.3, 0.4) is 0 Å². The summed E-state index contributed by atoms with van der Waals surface area (Å²) in [5.41, 5.74) is 0. The fraction of sp³-hybridized carbons (Fsp3) is 1.00. The molecule has 0 amide bonds. The van der Waals surface area contributed by atoms with Crippen LogP contribution in [0.25, 0.3) is 0 Å². The molecule has 1 rings (SSSR count). The zero-order chi connectivity index (χ0) is 6.91. The highest BCUT2D eigenvalue weighted by Gasteiger charge is 2.26. The van der Waals surface area contributed by atoms with Crippen LogP contribution in [0.4, 0.5) is 0 Å². The van der Waals surface area contributed by atoms with Gasteiger partial charge in [-0.15, -0.1) is 0 Å².